The maximum absolute atomic E-state index is 12.3. The number of amides is 1. The standard InChI is InChI=1S/C25H33BrN2O3/c1-19-17-28(24(29)31-25(2,3)4)15-14-27(19)13-12-20-10-11-23(22(26)16-20)30-18-21-8-6-5-7-9-21/h5-11,16,19H,12-15,17-18H2,1-4H3/t19-/m0/s1. The minimum atomic E-state index is -0.457. The lowest BCUT2D eigenvalue weighted by Crippen LogP contribution is -2.54. The summed E-state index contributed by atoms with van der Waals surface area (Å²) in [5, 5.41) is 0. The van der Waals surface area contributed by atoms with Gasteiger partial charge in [-0.25, -0.2) is 4.79 Å². The van der Waals surface area contributed by atoms with E-state index in [0.29, 0.717) is 25.7 Å². The van der Waals surface area contributed by atoms with E-state index in [2.05, 4.69) is 52.0 Å². The van der Waals surface area contributed by atoms with Crippen molar-refractivity contribution in [1.82, 2.24) is 9.80 Å². The van der Waals surface area contributed by atoms with Crippen LogP contribution in [0.4, 0.5) is 4.79 Å². The molecule has 31 heavy (non-hydrogen) atoms. The zero-order chi connectivity index (χ0) is 22.4. The minimum absolute atomic E-state index is 0.214. The van der Waals surface area contributed by atoms with E-state index in [0.717, 1.165) is 35.3 Å². The molecule has 3 rings (SSSR count). The quantitative estimate of drug-likeness (QED) is 0.537. The molecule has 0 aromatic heterocycles. The molecule has 1 amide bonds. The number of ether oxygens (including phenoxy) is 2. The van der Waals surface area contributed by atoms with Crippen LogP contribution in [0, 0.1) is 0 Å². The van der Waals surface area contributed by atoms with Crippen LogP contribution >= 0.6 is 15.9 Å². The van der Waals surface area contributed by atoms with Gasteiger partial charge in [0.15, 0.2) is 0 Å². The summed E-state index contributed by atoms with van der Waals surface area (Å²) in [5.41, 5.74) is 1.96. The van der Waals surface area contributed by atoms with Gasteiger partial charge >= 0.3 is 6.09 Å². The SMILES string of the molecule is C[C@H]1CN(C(=O)OC(C)(C)C)CCN1CCc1ccc(OCc2ccccc2)c(Br)c1. The molecule has 1 fully saturated rings. The third-order valence-corrected chi connectivity index (χ3v) is 5.96. The number of hydrogen-bond donors (Lipinski definition) is 0. The highest BCUT2D eigenvalue weighted by molar-refractivity contribution is 9.10. The Morgan fingerprint density at radius 1 is 1.10 bits per heavy atom. The lowest BCUT2D eigenvalue weighted by molar-refractivity contribution is 0.00598. The van der Waals surface area contributed by atoms with Gasteiger partial charge in [0.25, 0.3) is 0 Å². The van der Waals surface area contributed by atoms with Gasteiger partial charge in [-0.05, 0) is 73.3 Å². The Labute approximate surface area is 194 Å². The molecule has 0 bridgehead atoms. The van der Waals surface area contributed by atoms with Crippen molar-refractivity contribution in [3.05, 3.63) is 64.1 Å². The van der Waals surface area contributed by atoms with Gasteiger partial charge in [-0.2, -0.15) is 0 Å². The number of halogens is 1. The number of rotatable bonds is 6. The largest absolute Gasteiger partial charge is 0.488 e. The lowest BCUT2D eigenvalue weighted by Gasteiger charge is -2.40. The monoisotopic (exact) mass is 488 g/mol. The predicted octanol–water partition coefficient (Wildman–Crippen LogP) is 5.51. The minimum Gasteiger partial charge on any atom is -0.488 e. The molecule has 0 spiro atoms. The molecule has 6 heteroatoms. The van der Waals surface area contributed by atoms with E-state index in [9.17, 15) is 4.79 Å². The van der Waals surface area contributed by atoms with Crippen molar-refractivity contribution in [1.29, 1.82) is 0 Å². The second-order valence-electron chi connectivity index (χ2n) is 9.10. The zero-order valence-corrected chi connectivity index (χ0v) is 20.5. The van der Waals surface area contributed by atoms with Crippen molar-refractivity contribution in [2.45, 2.75) is 52.4 Å². The second-order valence-corrected chi connectivity index (χ2v) is 9.95. The molecule has 2 aromatic carbocycles. The topological polar surface area (TPSA) is 42.0 Å². The molecule has 5 nitrogen and oxygen atoms in total. The van der Waals surface area contributed by atoms with Gasteiger partial charge in [-0.3, -0.25) is 4.90 Å². The molecule has 0 radical (unpaired) electrons. The molecule has 0 unspecified atom stereocenters. The first-order valence-corrected chi connectivity index (χ1v) is 11.7. The number of piperazine rings is 1. The lowest BCUT2D eigenvalue weighted by atomic mass is 10.1. The second kappa shape index (κ2) is 10.5. The third kappa shape index (κ3) is 7.25. The van der Waals surface area contributed by atoms with Crippen LogP contribution in [0.3, 0.4) is 0 Å². The van der Waals surface area contributed by atoms with E-state index < -0.39 is 5.60 Å². The van der Waals surface area contributed by atoms with Gasteiger partial charge in [0.2, 0.25) is 0 Å². The van der Waals surface area contributed by atoms with Gasteiger partial charge in [0, 0.05) is 32.2 Å². The molecule has 1 aliphatic rings. The van der Waals surface area contributed by atoms with E-state index in [1.165, 1.54) is 5.56 Å². The zero-order valence-electron chi connectivity index (χ0n) is 18.9. The summed E-state index contributed by atoms with van der Waals surface area (Å²) in [6.45, 7) is 11.7. The number of carbonyl (C=O) groups excluding carboxylic acids is 1. The fourth-order valence-corrected chi connectivity index (χ4v) is 4.19. The summed E-state index contributed by atoms with van der Waals surface area (Å²) in [7, 11) is 0. The Bertz CT molecular complexity index is 867. The first-order valence-electron chi connectivity index (χ1n) is 10.9. The van der Waals surface area contributed by atoms with Crippen LogP contribution in [0.15, 0.2) is 53.0 Å². The van der Waals surface area contributed by atoms with Gasteiger partial charge in [-0.15, -0.1) is 0 Å². The smallest absolute Gasteiger partial charge is 0.410 e. The highest BCUT2D eigenvalue weighted by atomic mass is 79.9. The van der Waals surface area contributed by atoms with Crippen LogP contribution in [-0.4, -0.2) is 53.7 Å². The van der Waals surface area contributed by atoms with E-state index >= 15 is 0 Å². The molecule has 1 heterocycles. The first kappa shape index (κ1) is 23.6. The molecular weight excluding hydrogens is 456 g/mol. The predicted molar refractivity (Wildman–Crippen MR) is 127 cm³/mol. The van der Waals surface area contributed by atoms with Gasteiger partial charge < -0.3 is 14.4 Å². The van der Waals surface area contributed by atoms with E-state index in [4.69, 9.17) is 9.47 Å². The van der Waals surface area contributed by atoms with Crippen molar-refractivity contribution >= 4 is 22.0 Å². The molecule has 0 saturated carbocycles. The Morgan fingerprint density at radius 3 is 2.48 bits per heavy atom. The molecule has 1 atom stereocenters. The Kier molecular flexibility index (Phi) is 8.00. The maximum Gasteiger partial charge on any atom is 0.410 e. The first-order chi connectivity index (χ1) is 14.7. The molecular formula is C25H33BrN2O3. The summed E-state index contributed by atoms with van der Waals surface area (Å²) >= 11 is 3.65. The highest BCUT2D eigenvalue weighted by Crippen LogP contribution is 2.27. The summed E-state index contributed by atoms with van der Waals surface area (Å²) in [4.78, 5) is 16.6. The maximum atomic E-state index is 12.3. The Morgan fingerprint density at radius 2 is 1.84 bits per heavy atom. The van der Waals surface area contributed by atoms with Crippen LogP contribution < -0.4 is 4.74 Å². The van der Waals surface area contributed by atoms with Crippen LogP contribution in [0.25, 0.3) is 0 Å². The van der Waals surface area contributed by atoms with Crippen molar-refractivity contribution < 1.29 is 14.3 Å². The summed E-state index contributed by atoms with van der Waals surface area (Å²) in [5.74, 6) is 0.854. The fourth-order valence-electron chi connectivity index (χ4n) is 3.64. The Balaban J connectivity index is 1.48. The van der Waals surface area contributed by atoms with Gasteiger partial charge in [-0.1, -0.05) is 36.4 Å². The number of hydrogen-bond acceptors (Lipinski definition) is 4. The van der Waals surface area contributed by atoms with Crippen molar-refractivity contribution in [2.24, 2.45) is 0 Å². The average molecular weight is 489 g/mol. The average Bonchev–Trinajstić information content (AvgIpc) is 2.71. The highest BCUT2D eigenvalue weighted by Gasteiger charge is 2.29. The van der Waals surface area contributed by atoms with Gasteiger partial charge in [0.05, 0.1) is 4.47 Å². The summed E-state index contributed by atoms with van der Waals surface area (Å²) in [6, 6.07) is 16.8. The van der Waals surface area contributed by atoms with E-state index in [1.54, 1.807) is 0 Å². The summed E-state index contributed by atoms with van der Waals surface area (Å²) in [6.07, 6.45) is 0.739. The fraction of sp³-hybridized carbons (Fsp3) is 0.480. The number of carbonyl (C=O) groups is 1. The summed E-state index contributed by atoms with van der Waals surface area (Å²) < 4.78 is 12.4. The van der Waals surface area contributed by atoms with E-state index in [-0.39, 0.29) is 6.09 Å². The number of nitrogens with zero attached hydrogens (tertiary/aromatic N) is 2. The molecule has 168 valence electrons. The van der Waals surface area contributed by atoms with Crippen LogP contribution in [0.5, 0.6) is 5.75 Å². The van der Waals surface area contributed by atoms with E-state index in [1.807, 2.05) is 49.9 Å². The van der Waals surface area contributed by atoms with Crippen molar-refractivity contribution in [3.63, 3.8) is 0 Å². The normalized spacial score (nSPS) is 17.5. The van der Waals surface area contributed by atoms with Crippen LogP contribution in [0.1, 0.15) is 38.8 Å². The molecule has 0 aliphatic carbocycles. The van der Waals surface area contributed by atoms with Crippen molar-refractivity contribution in [3.8, 4) is 5.75 Å². The molecule has 1 aliphatic heterocycles. The van der Waals surface area contributed by atoms with Crippen LogP contribution in [0.2, 0.25) is 0 Å². The van der Waals surface area contributed by atoms with Crippen molar-refractivity contribution in [2.75, 3.05) is 26.2 Å². The third-order valence-electron chi connectivity index (χ3n) is 5.34. The molecule has 0 N–H and O–H groups in total. The molecule has 1 saturated heterocycles. The number of benzene rings is 2. The Hall–Kier alpha value is -2.05. The van der Waals surface area contributed by atoms with Crippen LogP contribution in [-0.2, 0) is 17.8 Å². The molecule has 2 aromatic rings. The van der Waals surface area contributed by atoms with Gasteiger partial charge in [0.1, 0.15) is 18.0 Å².